The molecule has 5 atom stereocenters. The number of benzene rings is 2. The van der Waals surface area contributed by atoms with Crippen molar-refractivity contribution in [3.05, 3.63) is 70.3 Å². The minimum atomic E-state index is -4.17. The molecule has 1 saturated carbocycles. The average Bonchev–Trinajstić information content (AvgIpc) is 3.14. The van der Waals surface area contributed by atoms with E-state index in [0.717, 1.165) is 55.9 Å². The number of halogens is 1. The van der Waals surface area contributed by atoms with Crippen molar-refractivity contribution >= 4 is 33.4 Å². The van der Waals surface area contributed by atoms with E-state index in [0.29, 0.717) is 30.6 Å². The molecule has 6 rings (SSSR count). The Bertz CT molecular complexity index is 1550. The van der Waals surface area contributed by atoms with Crippen molar-refractivity contribution in [2.75, 3.05) is 52.0 Å². The van der Waals surface area contributed by atoms with Crippen molar-refractivity contribution in [2.45, 2.75) is 63.0 Å². The number of anilines is 1. The van der Waals surface area contributed by atoms with Crippen LogP contribution in [0.2, 0.25) is 5.02 Å². The highest BCUT2D eigenvalue weighted by Gasteiger charge is 2.44. The van der Waals surface area contributed by atoms with Gasteiger partial charge in [0, 0.05) is 55.9 Å². The number of fused-ring (bicyclic) bond motifs is 4. The Kier molecular flexibility index (Phi) is 9.51. The Labute approximate surface area is 272 Å². The quantitative estimate of drug-likeness (QED) is 0.456. The normalized spacial score (nSPS) is 30.7. The summed E-state index contributed by atoms with van der Waals surface area (Å²) in [7, 11) is -0.891. The van der Waals surface area contributed by atoms with E-state index in [1.54, 1.807) is 19.2 Å². The molecular weight excluding hydrogens is 614 g/mol. The van der Waals surface area contributed by atoms with E-state index in [4.69, 9.17) is 25.8 Å². The van der Waals surface area contributed by atoms with Crippen LogP contribution in [0.1, 0.15) is 60.5 Å². The Morgan fingerprint density at radius 1 is 1.16 bits per heavy atom. The minimum absolute atomic E-state index is 0.0758. The van der Waals surface area contributed by atoms with Crippen LogP contribution in [0.25, 0.3) is 0 Å². The molecule has 9 nitrogen and oxygen atoms in total. The number of hydrogen-bond donors (Lipinski definition) is 1. The molecule has 2 aromatic carbocycles. The van der Waals surface area contributed by atoms with Crippen molar-refractivity contribution < 1.29 is 27.4 Å². The lowest BCUT2D eigenvalue weighted by Gasteiger charge is -2.46. The number of rotatable bonds is 4. The molecule has 2 aliphatic heterocycles. The Balaban J connectivity index is 1.42. The SMILES string of the molecule is COCCN1[C@@H](C)C/C=C/[C@H](OC)[C@@H]2CC[C@H]2CN2C[C@@]3(CCCc4cc(Cl)ccc43)COc3ccc(cc32)C(=O)NS1(=O)=O. The van der Waals surface area contributed by atoms with Crippen LogP contribution >= 0.6 is 11.6 Å². The average molecular weight is 658 g/mol. The van der Waals surface area contributed by atoms with Crippen molar-refractivity contribution in [1.82, 2.24) is 9.03 Å². The van der Waals surface area contributed by atoms with Crippen LogP contribution in [0.4, 0.5) is 5.69 Å². The zero-order valence-electron chi connectivity index (χ0n) is 26.3. The molecule has 2 aliphatic carbocycles. The fourth-order valence-corrected chi connectivity index (χ4v) is 9.25. The first kappa shape index (κ1) is 32.3. The third kappa shape index (κ3) is 6.49. The summed E-state index contributed by atoms with van der Waals surface area (Å²) < 4.78 is 48.6. The van der Waals surface area contributed by atoms with Crippen molar-refractivity contribution in [2.24, 2.45) is 11.8 Å². The van der Waals surface area contributed by atoms with Gasteiger partial charge in [0.15, 0.2) is 0 Å². The smallest absolute Gasteiger partial charge is 0.304 e. The van der Waals surface area contributed by atoms with Gasteiger partial charge in [-0.15, -0.1) is 0 Å². The third-order valence-corrected chi connectivity index (χ3v) is 12.1. The number of carbonyl (C=O) groups is 1. The second-order valence-electron chi connectivity index (χ2n) is 13.0. The molecule has 0 saturated heterocycles. The first-order chi connectivity index (χ1) is 21.6. The van der Waals surface area contributed by atoms with Crippen LogP contribution in [0.3, 0.4) is 0 Å². The predicted octanol–water partition coefficient (Wildman–Crippen LogP) is 5.13. The molecule has 0 unspecified atom stereocenters. The van der Waals surface area contributed by atoms with Gasteiger partial charge in [-0.25, -0.2) is 4.72 Å². The summed E-state index contributed by atoms with van der Waals surface area (Å²) >= 11 is 6.42. The van der Waals surface area contributed by atoms with Crippen LogP contribution in [-0.4, -0.2) is 77.8 Å². The summed E-state index contributed by atoms with van der Waals surface area (Å²) in [6.45, 7) is 4.17. The second kappa shape index (κ2) is 13.2. The Morgan fingerprint density at radius 2 is 2.00 bits per heavy atom. The molecule has 1 amide bonds. The Morgan fingerprint density at radius 3 is 2.76 bits per heavy atom. The molecule has 2 aromatic rings. The molecule has 0 radical (unpaired) electrons. The first-order valence-electron chi connectivity index (χ1n) is 16.0. The summed E-state index contributed by atoms with van der Waals surface area (Å²) in [5.41, 5.74) is 3.37. The number of ether oxygens (including phenoxy) is 3. The van der Waals surface area contributed by atoms with Crippen molar-refractivity contribution in [1.29, 1.82) is 0 Å². The molecule has 244 valence electrons. The third-order valence-electron chi connectivity index (χ3n) is 10.3. The molecule has 4 aliphatic rings. The molecule has 0 aromatic heterocycles. The van der Waals surface area contributed by atoms with Gasteiger partial charge < -0.3 is 19.1 Å². The summed E-state index contributed by atoms with van der Waals surface area (Å²) in [4.78, 5) is 16.0. The fraction of sp³-hybridized carbons (Fsp3) is 0.559. The van der Waals surface area contributed by atoms with Crippen LogP contribution in [0, 0.1) is 11.8 Å². The summed E-state index contributed by atoms with van der Waals surface area (Å²) in [6.07, 6.45) is 9.63. The van der Waals surface area contributed by atoms with E-state index in [1.165, 1.54) is 22.5 Å². The van der Waals surface area contributed by atoms with E-state index in [2.05, 4.69) is 27.8 Å². The van der Waals surface area contributed by atoms with Crippen LogP contribution in [0.5, 0.6) is 5.75 Å². The number of hydrogen-bond acceptors (Lipinski definition) is 7. The van der Waals surface area contributed by atoms with Gasteiger partial charge in [0.2, 0.25) is 0 Å². The van der Waals surface area contributed by atoms with Gasteiger partial charge in [-0.3, -0.25) is 4.79 Å². The maximum absolute atomic E-state index is 13.6. The van der Waals surface area contributed by atoms with E-state index in [-0.39, 0.29) is 30.2 Å². The highest BCUT2D eigenvalue weighted by atomic mass is 35.5. The van der Waals surface area contributed by atoms with Gasteiger partial charge in [-0.1, -0.05) is 29.8 Å². The maximum Gasteiger partial charge on any atom is 0.304 e. The second-order valence-corrected chi connectivity index (χ2v) is 15.1. The van der Waals surface area contributed by atoms with Crippen molar-refractivity contribution in [3.63, 3.8) is 0 Å². The van der Waals surface area contributed by atoms with Gasteiger partial charge in [-0.05, 0) is 98.7 Å². The van der Waals surface area contributed by atoms with Gasteiger partial charge in [0.1, 0.15) is 5.75 Å². The fourth-order valence-electron chi connectivity index (χ4n) is 7.71. The summed E-state index contributed by atoms with van der Waals surface area (Å²) in [5.74, 6) is 0.739. The highest BCUT2D eigenvalue weighted by Crippen LogP contribution is 2.47. The molecule has 2 bridgehead atoms. The van der Waals surface area contributed by atoms with Gasteiger partial charge in [-0.2, -0.15) is 12.7 Å². The maximum atomic E-state index is 13.6. The number of carbonyl (C=O) groups excluding carboxylic acids is 1. The Hall–Kier alpha value is -2.63. The standard InChI is InChI=1S/C34H44ClN3O6S/c1-23-6-4-8-31(43-3)28-12-9-26(28)20-37-21-34(15-5-7-24-18-27(35)11-13-29(24)34)22-44-32-14-10-25(19-30(32)37)33(39)36-45(40,41)38(23)16-17-42-2/h4,8,10-11,13-14,18-19,23,26,28,31H,5-7,9,12,15-17,20-22H2,1-3H3,(H,36,39)/b8-4+/t23-,26-,28+,31-,34-/m0/s1. The lowest BCUT2D eigenvalue weighted by atomic mass is 9.68. The largest absolute Gasteiger partial charge is 0.490 e. The molecule has 45 heavy (non-hydrogen) atoms. The minimum Gasteiger partial charge on any atom is -0.490 e. The molecular formula is C34H44ClN3O6S. The predicted molar refractivity (Wildman–Crippen MR) is 175 cm³/mol. The van der Waals surface area contributed by atoms with E-state index in [9.17, 15) is 13.2 Å². The number of aryl methyl sites for hydroxylation is 1. The van der Waals surface area contributed by atoms with E-state index >= 15 is 0 Å². The number of methoxy groups -OCH3 is 2. The first-order valence-corrected chi connectivity index (χ1v) is 17.8. The topological polar surface area (TPSA) is 97.4 Å². The zero-order valence-corrected chi connectivity index (χ0v) is 27.9. The summed E-state index contributed by atoms with van der Waals surface area (Å²) in [5, 5.41) is 0.741. The summed E-state index contributed by atoms with van der Waals surface area (Å²) in [6, 6.07) is 11.1. The van der Waals surface area contributed by atoms with Gasteiger partial charge >= 0.3 is 10.2 Å². The number of nitrogens with one attached hydrogen (secondary N) is 1. The van der Waals surface area contributed by atoms with Crippen LogP contribution in [0.15, 0.2) is 48.6 Å². The van der Waals surface area contributed by atoms with E-state index in [1.807, 2.05) is 25.1 Å². The molecule has 11 heteroatoms. The monoisotopic (exact) mass is 657 g/mol. The van der Waals surface area contributed by atoms with E-state index < -0.39 is 22.2 Å². The highest BCUT2D eigenvalue weighted by molar-refractivity contribution is 7.87. The lowest BCUT2D eigenvalue weighted by molar-refractivity contribution is 0.0131. The molecule has 2 heterocycles. The van der Waals surface area contributed by atoms with Gasteiger partial charge in [0.05, 0.1) is 25.0 Å². The number of nitrogens with zero attached hydrogens (tertiary/aromatic N) is 2. The van der Waals surface area contributed by atoms with Gasteiger partial charge in [0.25, 0.3) is 5.91 Å². The number of amides is 1. The van der Waals surface area contributed by atoms with Crippen LogP contribution in [-0.2, 0) is 31.5 Å². The zero-order chi connectivity index (χ0) is 31.8. The molecule has 1 fully saturated rings. The molecule has 1 spiro atoms. The molecule has 1 N–H and O–H groups in total. The lowest BCUT2D eigenvalue weighted by Crippen LogP contribution is -2.50. The van der Waals surface area contributed by atoms with Crippen molar-refractivity contribution in [3.8, 4) is 5.75 Å². The van der Waals surface area contributed by atoms with Crippen LogP contribution < -0.4 is 14.4 Å².